The molecule has 1 aliphatic heterocycles. The summed E-state index contributed by atoms with van der Waals surface area (Å²) in [5, 5.41) is 4.01. The molecule has 0 bridgehead atoms. The van der Waals surface area contributed by atoms with E-state index < -0.39 is 0 Å². The van der Waals surface area contributed by atoms with Crippen LogP contribution in [0.25, 0.3) is 0 Å². The number of rotatable bonds is 3. The molecular weight excluding hydrogens is 268 g/mol. The minimum atomic E-state index is -0.255. The molecule has 0 amide bonds. The van der Waals surface area contributed by atoms with Crippen LogP contribution in [0.15, 0.2) is 24.5 Å². The van der Waals surface area contributed by atoms with Crippen molar-refractivity contribution >= 4 is 0 Å². The number of aryl methyl sites for hydroxylation is 1. The summed E-state index contributed by atoms with van der Waals surface area (Å²) in [7, 11) is 1.84. The van der Waals surface area contributed by atoms with Crippen molar-refractivity contribution < 1.29 is 9.47 Å². The second-order valence-electron chi connectivity index (χ2n) is 5.96. The lowest BCUT2D eigenvalue weighted by atomic mass is 9.90. The normalized spacial score (nSPS) is 19.7. The number of ether oxygens (including phenoxy) is 2. The summed E-state index contributed by atoms with van der Waals surface area (Å²) < 4.78 is 13.4. The molecule has 0 radical (unpaired) electrons. The molecule has 112 valence electrons. The topological polar surface area (TPSA) is 75.2 Å². The van der Waals surface area contributed by atoms with Gasteiger partial charge < -0.3 is 15.2 Å². The van der Waals surface area contributed by atoms with E-state index in [9.17, 15) is 0 Å². The molecule has 6 heteroatoms. The fraction of sp³-hybridized carbons (Fsp3) is 0.467. The van der Waals surface area contributed by atoms with Crippen molar-refractivity contribution in [3.63, 3.8) is 0 Å². The van der Waals surface area contributed by atoms with Crippen molar-refractivity contribution in [2.75, 3.05) is 0 Å². The Kier molecular flexibility index (Phi) is 3.33. The lowest BCUT2D eigenvalue weighted by molar-refractivity contribution is 0.0724. The van der Waals surface area contributed by atoms with Gasteiger partial charge in [-0.3, -0.25) is 4.68 Å². The molecule has 0 fully saturated rings. The minimum absolute atomic E-state index is 0.00320. The molecule has 1 aliphatic rings. The van der Waals surface area contributed by atoms with E-state index >= 15 is 0 Å². The molecule has 2 aromatic rings. The average Bonchev–Trinajstić information content (AvgIpc) is 2.80. The Labute approximate surface area is 123 Å². The highest BCUT2D eigenvalue weighted by Gasteiger charge is 2.31. The fourth-order valence-electron chi connectivity index (χ4n) is 2.58. The lowest BCUT2D eigenvalue weighted by Gasteiger charge is -2.36. The molecule has 1 aromatic heterocycles. The number of hydrogen-bond donors (Lipinski definition) is 1. The van der Waals surface area contributed by atoms with Crippen LogP contribution in [-0.2, 0) is 13.7 Å². The second-order valence-corrected chi connectivity index (χ2v) is 5.96. The number of nitrogens with zero attached hydrogens (tertiary/aromatic N) is 3. The van der Waals surface area contributed by atoms with Crippen LogP contribution in [0.1, 0.15) is 37.7 Å². The number of aromatic nitrogens is 3. The molecule has 1 aromatic carbocycles. The van der Waals surface area contributed by atoms with Gasteiger partial charge in [-0.2, -0.15) is 5.10 Å². The molecule has 1 unspecified atom stereocenters. The van der Waals surface area contributed by atoms with Gasteiger partial charge in [0.2, 0.25) is 0 Å². The van der Waals surface area contributed by atoms with Gasteiger partial charge in [0.1, 0.15) is 30.0 Å². The predicted molar refractivity (Wildman–Crippen MR) is 78.0 cm³/mol. The largest absolute Gasteiger partial charge is 0.487 e. The zero-order valence-electron chi connectivity index (χ0n) is 12.5. The van der Waals surface area contributed by atoms with Gasteiger partial charge in [0.25, 0.3) is 0 Å². The summed E-state index contributed by atoms with van der Waals surface area (Å²) in [5.41, 5.74) is 6.97. The zero-order chi connectivity index (χ0) is 15.0. The summed E-state index contributed by atoms with van der Waals surface area (Å²) in [6, 6.07) is 5.78. The molecule has 0 spiro atoms. The first-order valence-corrected chi connectivity index (χ1v) is 6.99. The minimum Gasteiger partial charge on any atom is -0.487 e. The first-order valence-electron chi connectivity index (χ1n) is 6.99. The van der Waals surface area contributed by atoms with Crippen LogP contribution < -0.4 is 15.2 Å². The van der Waals surface area contributed by atoms with Gasteiger partial charge in [0.15, 0.2) is 5.82 Å². The number of benzene rings is 1. The summed E-state index contributed by atoms with van der Waals surface area (Å²) >= 11 is 0. The van der Waals surface area contributed by atoms with Crippen LogP contribution in [0.4, 0.5) is 0 Å². The monoisotopic (exact) mass is 288 g/mol. The van der Waals surface area contributed by atoms with Crippen molar-refractivity contribution in [2.24, 2.45) is 12.8 Å². The molecule has 0 aliphatic carbocycles. The maximum absolute atomic E-state index is 6.20. The van der Waals surface area contributed by atoms with Crippen molar-refractivity contribution in [3.8, 4) is 11.5 Å². The van der Waals surface area contributed by atoms with E-state index in [0.717, 1.165) is 29.3 Å². The van der Waals surface area contributed by atoms with E-state index in [1.165, 1.54) is 6.33 Å². The van der Waals surface area contributed by atoms with Crippen LogP contribution in [0.3, 0.4) is 0 Å². The van der Waals surface area contributed by atoms with E-state index in [4.69, 9.17) is 15.2 Å². The van der Waals surface area contributed by atoms with Crippen LogP contribution in [0, 0.1) is 0 Å². The Morgan fingerprint density at radius 2 is 2.29 bits per heavy atom. The van der Waals surface area contributed by atoms with Gasteiger partial charge in [-0.1, -0.05) is 6.07 Å². The van der Waals surface area contributed by atoms with Crippen LogP contribution in [0.5, 0.6) is 11.5 Å². The molecule has 0 saturated carbocycles. The van der Waals surface area contributed by atoms with Gasteiger partial charge in [-0.25, -0.2) is 4.98 Å². The highest BCUT2D eigenvalue weighted by molar-refractivity contribution is 5.44. The Balaban J connectivity index is 1.78. The second kappa shape index (κ2) is 5.04. The van der Waals surface area contributed by atoms with Gasteiger partial charge in [0.05, 0.1) is 0 Å². The number of fused-ring (bicyclic) bond motifs is 1. The summed E-state index contributed by atoms with van der Waals surface area (Å²) in [4.78, 5) is 4.13. The zero-order valence-corrected chi connectivity index (χ0v) is 12.5. The third kappa shape index (κ3) is 2.85. The fourth-order valence-corrected chi connectivity index (χ4v) is 2.58. The van der Waals surface area contributed by atoms with Crippen molar-refractivity contribution in [3.05, 3.63) is 35.9 Å². The SMILES string of the molecule is Cn1ncnc1COc1ccc2c(c1)OC(C)(C)CC2N. The third-order valence-corrected chi connectivity index (χ3v) is 3.66. The number of nitrogens with two attached hydrogens (primary N) is 1. The Hall–Kier alpha value is -2.08. The van der Waals surface area contributed by atoms with E-state index in [-0.39, 0.29) is 11.6 Å². The molecule has 0 saturated heterocycles. The van der Waals surface area contributed by atoms with Crippen LogP contribution in [-0.4, -0.2) is 20.4 Å². The van der Waals surface area contributed by atoms with Gasteiger partial charge in [0, 0.05) is 31.1 Å². The smallest absolute Gasteiger partial charge is 0.164 e. The first-order chi connectivity index (χ1) is 9.94. The first kappa shape index (κ1) is 13.9. The summed E-state index contributed by atoms with van der Waals surface area (Å²) in [6.07, 6.45) is 2.31. The molecular formula is C15H20N4O2. The van der Waals surface area contributed by atoms with Crippen LogP contribution >= 0.6 is 0 Å². The average molecular weight is 288 g/mol. The highest BCUT2D eigenvalue weighted by Crippen LogP contribution is 2.40. The standard InChI is InChI=1S/C15H20N4O2/c1-15(2)7-12(16)11-5-4-10(6-13(11)21-15)20-8-14-17-9-18-19(14)3/h4-6,9,12H,7-8,16H2,1-3H3. The molecule has 6 nitrogen and oxygen atoms in total. The number of hydrogen-bond acceptors (Lipinski definition) is 5. The van der Waals surface area contributed by atoms with Crippen molar-refractivity contribution in [1.29, 1.82) is 0 Å². The summed E-state index contributed by atoms with van der Waals surface area (Å²) in [6.45, 7) is 4.45. The predicted octanol–water partition coefficient (Wildman–Crippen LogP) is 1.96. The maximum atomic E-state index is 6.20. The molecule has 2 heterocycles. The Morgan fingerprint density at radius 1 is 1.48 bits per heavy atom. The summed E-state index contributed by atoms with van der Waals surface area (Å²) in [5.74, 6) is 2.31. The van der Waals surface area contributed by atoms with E-state index in [1.807, 2.05) is 39.1 Å². The molecule has 2 N–H and O–H groups in total. The van der Waals surface area contributed by atoms with Crippen molar-refractivity contribution in [2.45, 2.75) is 38.5 Å². The van der Waals surface area contributed by atoms with E-state index in [1.54, 1.807) is 4.68 Å². The maximum Gasteiger partial charge on any atom is 0.164 e. The van der Waals surface area contributed by atoms with Crippen LogP contribution in [0.2, 0.25) is 0 Å². The Bertz CT molecular complexity index is 651. The highest BCUT2D eigenvalue weighted by atomic mass is 16.5. The quantitative estimate of drug-likeness (QED) is 0.934. The third-order valence-electron chi connectivity index (χ3n) is 3.66. The van der Waals surface area contributed by atoms with Gasteiger partial charge >= 0.3 is 0 Å². The van der Waals surface area contributed by atoms with Crippen molar-refractivity contribution in [1.82, 2.24) is 14.8 Å². The van der Waals surface area contributed by atoms with E-state index in [2.05, 4.69) is 10.1 Å². The van der Waals surface area contributed by atoms with Gasteiger partial charge in [-0.15, -0.1) is 0 Å². The van der Waals surface area contributed by atoms with E-state index in [0.29, 0.717) is 6.61 Å². The molecule has 21 heavy (non-hydrogen) atoms. The molecule has 1 atom stereocenters. The van der Waals surface area contributed by atoms with Gasteiger partial charge in [-0.05, 0) is 19.9 Å². The lowest BCUT2D eigenvalue weighted by Crippen LogP contribution is -2.37. The molecule has 3 rings (SSSR count). The Morgan fingerprint density at radius 3 is 3.00 bits per heavy atom.